The summed E-state index contributed by atoms with van der Waals surface area (Å²) < 4.78 is 13.5. The summed E-state index contributed by atoms with van der Waals surface area (Å²) in [6, 6.07) is 10.9. The summed E-state index contributed by atoms with van der Waals surface area (Å²) >= 11 is 0. The number of hydrogen-bond acceptors (Lipinski definition) is 5. The van der Waals surface area contributed by atoms with E-state index in [1.54, 1.807) is 42.4 Å². The van der Waals surface area contributed by atoms with Gasteiger partial charge < -0.3 is 5.32 Å². The Bertz CT molecular complexity index is 1370. The van der Waals surface area contributed by atoms with Gasteiger partial charge in [-0.1, -0.05) is 6.07 Å². The highest BCUT2D eigenvalue weighted by molar-refractivity contribution is 6.08. The van der Waals surface area contributed by atoms with Crippen molar-refractivity contribution in [3.05, 3.63) is 89.1 Å². The number of nitrogens with one attached hydrogen (secondary N) is 2. The van der Waals surface area contributed by atoms with Crippen molar-refractivity contribution in [2.75, 3.05) is 16.8 Å². The minimum absolute atomic E-state index is 0.224. The number of fused-ring (bicyclic) bond motifs is 3. The standard InChI is InChI=1S/C24H19FN6O2/c1-14-4-6-17(25)11-19(14)23(32)29-20-7-5-16(12-27-20)24(33)31-10-8-15-13-28-30-21(15)18-3-2-9-26-22(18)31/h2-7,9,11-13H,8,10H2,1H3,(H,28,30)(H,27,29,32). The van der Waals surface area contributed by atoms with Crippen LogP contribution < -0.4 is 10.2 Å². The van der Waals surface area contributed by atoms with E-state index in [4.69, 9.17) is 0 Å². The third-order valence-corrected chi connectivity index (χ3v) is 5.58. The van der Waals surface area contributed by atoms with E-state index in [0.29, 0.717) is 29.9 Å². The molecule has 4 heterocycles. The summed E-state index contributed by atoms with van der Waals surface area (Å²) in [5.41, 5.74) is 3.91. The summed E-state index contributed by atoms with van der Waals surface area (Å²) in [4.78, 5) is 36.1. The van der Waals surface area contributed by atoms with Gasteiger partial charge in [0, 0.05) is 30.1 Å². The predicted octanol–water partition coefficient (Wildman–Crippen LogP) is 3.77. The molecule has 9 heteroatoms. The van der Waals surface area contributed by atoms with E-state index in [2.05, 4.69) is 25.5 Å². The van der Waals surface area contributed by atoms with Crippen molar-refractivity contribution in [3.8, 4) is 11.3 Å². The zero-order valence-electron chi connectivity index (χ0n) is 17.7. The lowest BCUT2D eigenvalue weighted by Crippen LogP contribution is -2.33. The van der Waals surface area contributed by atoms with Gasteiger partial charge in [-0.15, -0.1) is 0 Å². The molecule has 0 unspecified atom stereocenters. The molecule has 164 valence electrons. The van der Waals surface area contributed by atoms with Crippen LogP contribution in [0.3, 0.4) is 0 Å². The number of nitrogens with zero attached hydrogens (tertiary/aromatic N) is 4. The Hall–Kier alpha value is -4.40. The van der Waals surface area contributed by atoms with E-state index in [1.165, 1.54) is 18.3 Å². The highest BCUT2D eigenvalue weighted by Crippen LogP contribution is 2.33. The molecule has 1 aromatic carbocycles. The number of rotatable bonds is 3. The van der Waals surface area contributed by atoms with Gasteiger partial charge in [0.25, 0.3) is 11.8 Å². The summed E-state index contributed by atoms with van der Waals surface area (Å²) in [6.45, 7) is 2.16. The van der Waals surface area contributed by atoms with Gasteiger partial charge in [-0.2, -0.15) is 5.10 Å². The molecule has 0 spiro atoms. The predicted molar refractivity (Wildman–Crippen MR) is 121 cm³/mol. The third-order valence-electron chi connectivity index (χ3n) is 5.58. The second-order valence-corrected chi connectivity index (χ2v) is 7.70. The van der Waals surface area contributed by atoms with E-state index >= 15 is 0 Å². The smallest absolute Gasteiger partial charge is 0.261 e. The van der Waals surface area contributed by atoms with Crippen molar-refractivity contribution in [1.29, 1.82) is 0 Å². The van der Waals surface area contributed by atoms with E-state index in [9.17, 15) is 14.0 Å². The lowest BCUT2D eigenvalue weighted by atomic mass is 10.1. The van der Waals surface area contributed by atoms with E-state index in [1.807, 2.05) is 12.1 Å². The zero-order chi connectivity index (χ0) is 22.9. The first-order valence-electron chi connectivity index (χ1n) is 10.3. The molecule has 5 rings (SSSR count). The van der Waals surface area contributed by atoms with Crippen LogP contribution in [0.4, 0.5) is 16.0 Å². The first-order chi connectivity index (χ1) is 16.0. The van der Waals surface area contributed by atoms with Crippen LogP contribution in [0.5, 0.6) is 0 Å². The fraction of sp³-hybridized carbons (Fsp3) is 0.125. The second-order valence-electron chi connectivity index (χ2n) is 7.70. The van der Waals surface area contributed by atoms with Crippen LogP contribution in [0.1, 0.15) is 31.8 Å². The molecule has 4 aromatic rings. The highest BCUT2D eigenvalue weighted by atomic mass is 19.1. The molecule has 0 saturated heterocycles. The molecule has 2 amide bonds. The number of carbonyl (C=O) groups excluding carboxylic acids is 2. The molecule has 0 radical (unpaired) electrons. The van der Waals surface area contributed by atoms with Gasteiger partial charge in [0.2, 0.25) is 0 Å². The minimum atomic E-state index is -0.493. The summed E-state index contributed by atoms with van der Waals surface area (Å²) in [5, 5.41) is 9.75. The molecular formula is C24H19FN6O2. The number of H-pyrrole nitrogens is 1. The van der Waals surface area contributed by atoms with E-state index in [-0.39, 0.29) is 17.3 Å². The maximum Gasteiger partial charge on any atom is 0.261 e. The van der Waals surface area contributed by atoms with Crippen LogP contribution in [-0.4, -0.2) is 38.5 Å². The number of aryl methyl sites for hydroxylation is 1. The number of anilines is 2. The van der Waals surface area contributed by atoms with Crippen molar-refractivity contribution >= 4 is 23.5 Å². The number of amides is 2. The van der Waals surface area contributed by atoms with Gasteiger partial charge in [-0.05, 0) is 60.9 Å². The number of halogens is 1. The van der Waals surface area contributed by atoms with Gasteiger partial charge in [-0.3, -0.25) is 19.6 Å². The largest absolute Gasteiger partial charge is 0.307 e. The van der Waals surface area contributed by atoms with Gasteiger partial charge in [0.15, 0.2) is 0 Å². The summed E-state index contributed by atoms with van der Waals surface area (Å²) in [6.07, 6.45) is 5.44. The van der Waals surface area contributed by atoms with Crippen molar-refractivity contribution in [2.45, 2.75) is 13.3 Å². The van der Waals surface area contributed by atoms with E-state index in [0.717, 1.165) is 16.8 Å². The Morgan fingerprint density at radius 1 is 1.12 bits per heavy atom. The quantitative estimate of drug-likeness (QED) is 0.503. The maximum atomic E-state index is 13.5. The Balaban J connectivity index is 1.37. The SMILES string of the molecule is Cc1ccc(F)cc1C(=O)Nc1ccc(C(=O)N2CCc3cn[nH]c3-c3cccnc32)cn1. The lowest BCUT2D eigenvalue weighted by molar-refractivity contribution is 0.0985. The average Bonchev–Trinajstić information content (AvgIpc) is 3.24. The molecule has 33 heavy (non-hydrogen) atoms. The van der Waals surface area contributed by atoms with Crippen LogP contribution in [0.15, 0.2) is 61.1 Å². The Labute approximate surface area is 188 Å². The van der Waals surface area contributed by atoms with Gasteiger partial charge >= 0.3 is 0 Å². The number of benzene rings is 1. The lowest BCUT2D eigenvalue weighted by Gasteiger charge is -2.21. The van der Waals surface area contributed by atoms with Crippen molar-refractivity contribution in [2.24, 2.45) is 0 Å². The Kier molecular flexibility index (Phi) is 5.14. The van der Waals surface area contributed by atoms with E-state index < -0.39 is 11.7 Å². The van der Waals surface area contributed by atoms with Crippen LogP contribution in [-0.2, 0) is 6.42 Å². The van der Waals surface area contributed by atoms with Gasteiger partial charge in [0.05, 0.1) is 17.5 Å². The van der Waals surface area contributed by atoms with Crippen LogP contribution in [0, 0.1) is 12.7 Å². The van der Waals surface area contributed by atoms with Crippen LogP contribution >= 0.6 is 0 Å². The topological polar surface area (TPSA) is 104 Å². The molecule has 8 nitrogen and oxygen atoms in total. The van der Waals surface area contributed by atoms with Gasteiger partial charge in [-0.25, -0.2) is 14.4 Å². The summed E-state index contributed by atoms with van der Waals surface area (Å²) in [7, 11) is 0. The molecule has 2 N–H and O–H groups in total. The first-order valence-corrected chi connectivity index (χ1v) is 10.3. The molecule has 3 aromatic heterocycles. The molecule has 0 saturated carbocycles. The molecule has 0 fully saturated rings. The van der Waals surface area contributed by atoms with Crippen molar-refractivity contribution < 1.29 is 14.0 Å². The minimum Gasteiger partial charge on any atom is -0.307 e. The number of carbonyl (C=O) groups is 2. The highest BCUT2D eigenvalue weighted by Gasteiger charge is 2.27. The number of aromatic nitrogens is 4. The summed E-state index contributed by atoms with van der Waals surface area (Å²) in [5.74, 6) is -0.411. The van der Waals surface area contributed by atoms with Crippen molar-refractivity contribution in [1.82, 2.24) is 20.2 Å². The number of aromatic amines is 1. The zero-order valence-corrected chi connectivity index (χ0v) is 17.7. The number of hydrogen-bond donors (Lipinski definition) is 2. The monoisotopic (exact) mass is 442 g/mol. The first kappa shape index (κ1) is 20.5. The van der Waals surface area contributed by atoms with Gasteiger partial charge in [0.1, 0.15) is 17.5 Å². The van der Waals surface area contributed by atoms with Crippen LogP contribution in [0.25, 0.3) is 11.3 Å². The Morgan fingerprint density at radius 3 is 2.82 bits per heavy atom. The number of pyridine rings is 2. The fourth-order valence-electron chi connectivity index (χ4n) is 3.85. The Morgan fingerprint density at radius 2 is 2.00 bits per heavy atom. The fourth-order valence-corrected chi connectivity index (χ4v) is 3.85. The molecular weight excluding hydrogens is 423 g/mol. The average molecular weight is 442 g/mol. The molecule has 0 aliphatic carbocycles. The van der Waals surface area contributed by atoms with Crippen molar-refractivity contribution in [3.63, 3.8) is 0 Å². The maximum absolute atomic E-state index is 13.5. The third kappa shape index (κ3) is 3.84. The normalized spacial score (nSPS) is 12.5. The second kappa shape index (κ2) is 8.27. The molecule has 1 aliphatic rings. The molecule has 1 aliphatic heterocycles. The molecule has 0 atom stereocenters. The molecule has 0 bridgehead atoms. The van der Waals surface area contributed by atoms with Crippen LogP contribution in [0.2, 0.25) is 0 Å².